The largest absolute Gasteiger partial charge is 0.487 e. The first-order valence-corrected chi connectivity index (χ1v) is 11.5. The minimum atomic E-state index is -0.422. The van der Waals surface area contributed by atoms with Crippen LogP contribution in [0.3, 0.4) is 0 Å². The van der Waals surface area contributed by atoms with Crippen LogP contribution in [0, 0.1) is 6.92 Å². The molecule has 7 nitrogen and oxygen atoms in total. The molecule has 0 aliphatic heterocycles. The Bertz CT molecular complexity index is 1470. The number of hydrogen-bond acceptors (Lipinski definition) is 4. The first kappa shape index (κ1) is 22.7. The Hall–Kier alpha value is -4.10. The fourth-order valence-electron chi connectivity index (χ4n) is 3.91. The molecule has 3 aromatic heterocycles. The Morgan fingerprint density at radius 1 is 1.06 bits per heavy atom. The summed E-state index contributed by atoms with van der Waals surface area (Å²) in [7, 11) is 1.90. The number of nitrogens with one attached hydrogen (secondary N) is 1. The number of carbonyl (C=O) groups excluding carboxylic acids is 1. The monoisotopic (exact) mass is 485 g/mol. The van der Waals surface area contributed by atoms with Crippen LogP contribution in [0.1, 0.15) is 39.0 Å². The predicted molar refractivity (Wildman–Crippen MR) is 135 cm³/mol. The van der Waals surface area contributed by atoms with Gasteiger partial charge < -0.3 is 19.0 Å². The molecule has 1 N–H and O–H groups in total. The van der Waals surface area contributed by atoms with Crippen LogP contribution in [0.5, 0.6) is 5.75 Å². The quantitative estimate of drug-likeness (QED) is 0.347. The van der Waals surface area contributed by atoms with Gasteiger partial charge in [0.25, 0.3) is 5.91 Å². The smallest absolute Gasteiger partial charge is 0.252 e. The molecule has 5 rings (SSSR count). The van der Waals surface area contributed by atoms with Crippen LogP contribution in [0.2, 0.25) is 5.02 Å². The summed E-state index contributed by atoms with van der Waals surface area (Å²) in [5, 5.41) is 3.72. The number of halogens is 1. The van der Waals surface area contributed by atoms with Crippen LogP contribution < -0.4 is 10.1 Å². The molecule has 1 amide bonds. The lowest BCUT2D eigenvalue weighted by molar-refractivity contribution is 0.0941. The summed E-state index contributed by atoms with van der Waals surface area (Å²) >= 11 is 6.06. The van der Waals surface area contributed by atoms with Crippen LogP contribution in [0.15, 0.2) is 85.5 Å². The molecule has 5 aromatic rings. The Morgan fingerprint density at radius 3 is 2.54 bits per heavy atom. The minimum Gasteiger partial charge on any atom is -0.487 e. The molecule has 35 heavy (non-hydrogen) atoms. The molecular weight excluding hydrogens is 462 g/mol. The molecule has 0 spiro atoms. The van der Waals surface area contributed by atoms with Gasteiger partial charge in [-0.2, -0.15) is 0 Å². The normalized spacial score (nSPS) is 12.0. The highest BCUT2D eigenvalue weighted by molar-refractivity contribution is 6.30. The first-order chi connectivity index (χ1) is 17.0. The molecule has 0 bridgehead atoms. The zero-order valence-electron chi connectivity index (χ0n) is 19.4. The van der Waals surface area contributed by atoms with E-state index in [0.717, 1.165) is 28.3 Å². The molecular formula is C27H24ClN5O2. The van der Waals surface area contributed by atoms with Gasteiger partial charge in [-0.1, -0.05) is 29.8 Å². The molecule has 0 saturated heterocycles. The summed E-state index contributed by atoms with van der Waals surface area (Å²) in [5.74, 6) is 1.17. The van der Waals surface area contributed by atoms with E-state index in [4.69, 9.17) is 16.3 Å². The van der Waals surface area contributed by atoms with Crippen molar-refractivity contribution in [2.24, 2.45) is 7.05 Å². The molecule has 0 aliphatic rings. The molecule has 0 saturated carbocycles. The van der Waals surface area contributed by atoms with Gasteiger partial charge in [0.15, 0.2) is 0 Å². The van der Waals surface area contributed by atoms with Crippen molar-refractivity contribution in [2.75, 3.05) is 0 Å². The van der Waals surface area contributed by atoms with Gasteiger partial charge in [0.05, 0.1) is 5.69 Å². The summed E-state index contributed by atoms with van der Waals surface area (Å²) in [6.45, 7) is 2.38. The van der Waals surface area contributed by atoms with Crippen molar-refractivity contribution in [3.8, 4) is 5.75 Å². The van der Waals surface area contributed by atoms with Gasteiger partial charge in [-0.3, -0.25) is 4.79 Å². The van der Waals surface area contributed by atoms with E-state index in [0.29, 0.717) is 22.9 Å². The number of aryl methyl sites for hydroxylation is 2. The standard InChI is InChI=1S/C27H24ClN5O2/c1-18-3-12-24-30-22(16-33(24)15-18)17-35-23-10-6-20(7-11-23)27(34)31-25(26-29-13-14-32(26)2)19-4-8-21(28)9-5-19/h3-16,25H,17H2,1-2H3,(H,31,34)/t25-/m0/s1. The lowest BCUT2D eigenvalue weighted by Crippen LogP contribution is -2.31. The second-order valence-corrected chi connectivity index (χ2v) is 8.81. The number of fused-ring (bicyclic) bond motifs is 1. The molecule has 3 heterocycles. The molecule has 1 atom stereocenters. The third kappa shape index (κ3) is 5.05. The van der Waals surface area contributed by atoms with Gasteiger partial charge >= 0.3 is 0 Å². The van der Waals surface area contributed by atoms with E-state index in [1.54, 1.807) is 42.6 Å². The average Bonchev–Trinajstić information content (AvgIpc) is 3.47. The van der Waals surface area contributed by atoms with Crippen molar-refractivity contribution in [1.82, 2.24) is 24.3 Å². The van der Waals surface area contributed by atoms with Crippen molar-refractivity contribution in [2.45, 2.75) is 19.6 Å². The highest BCUT2D eigenvalue weighted by Crippen LogP contribution is 2.23. The number of rotatable bonds is 7. The van der Waals surface area contributed by atoms with Crippen LogP contribution in [-0.4, -0.2) is 24.8 Å². The van der Waals surface area contributed by atoms with E-state index < -0.39 is 6.04 Å². The molecule has 2 aromatic carbocycles. The van der Waals surface area contributed by atoms with Crippen molar-refractivity contribution in [3.63, 3.8) is 0 Å². The number of carbonyl (C=O) groups is 1. The van der Waals surface area contributed by atoms with Gasteiger partial charge in [-0.15, -0.1) is 0 Å². The van der Waals surface area contributed by atoms with Gasteiger partial charge in [-0.25, -0.2) is 9.97 Å². The number of amides is 1. The summed E-state index contributed by atoms with van der Waals surface area (Å²) in [5.41, 5.74) is 4.29. The fourth-order valence-corrected chi connectivity index (χ4v) is 4.03. The number of nitrogens with zero attached hydrogens (tertiary/aromatic N) is 4. The second-order valence-electron chi connectivity index (χ2n) is 8.37. The summed E-state index contributed by atoms with van der Waals surface area (Å²) < 4.78 is 9.76. The maximum absolute atomic E-state index is 13.1. The maximum atomic E-state index is 13.1. The molecule has 0 unspecified atom stereocenters. The van der Waals surface area contributed by atoms with Crippen molar-refractivity contribution >= 4 is 23.2 Å². The van der Waals surface area contributed by atoms with Crippen molar-refractivity contribution < 1.29 is 9.53 Å². The van der Waals surface area contributed by atoms with E-state index in [9.17, 15) is 4.79 Å². The predicted octanol–water partition coefficient (Wildman–Crippen LogP) is 5.13. The molecule has 0 aliphatic carbocycles. The van der Waals surface area contributed by atoms with E-state index in [1.165, 1.54) is 0 Å². The first-order valence-electron chi connectivity index (χ1n) is 11.2. The number of pyridine rings is 1. The lowest BCUT2D eigenvalue weighted by atomic mass is 10.1. The molecule has 0 fully saturated rings. The van der Waals surface area contributed by atoms with Crippen LogP contribution in [0.4, 0.5) is 0 Å². The van der Waals surface area contributed by atoms with Gasteiger partial charge in [0.2, 0.25) is 0 Å². The average molecular weight is 486 g/mol. The van der Waals surface area contributed by atoms with Crippen molar-refractivity contribution in [3.05, 3.63) is 119 Å². The highest BCUT2D eigenvalue weighted by Gasteiger charge is 2.21. The van der Waals surface area contributed by atoms with Crippen LogP contribution in [-0.2, 0) is 13.7 Å². The Morgan fingerprint density at radius 2 is 1.83 bits per heavy atom. The number of benzene rings is 2. The lowest BCUT2D eigenvalue weighted by Gasteiger charge is -2.19. The molecule has 0 radical (unpaired) electrons. The minimum absolute atomic E-state index is 0.213. The number of imidazole rings is 2. The van der Waals surface area contributed by atoms with Gasteiger partial charge in [-0.05, 0) is 60.5 Å². The topological polar surface area (TPSA) is 73.4 Å². The zero-order chi connectivity index (χ0) is 24.4. The summed E-state index contributed by atoms with van der Waals surface area (Å²) in [6, 6.07) is 18.0. The van der Waals surface area contributed by atoms with Gasteiger partial charge in [0.1, 0.15) is 29.9 Å². The van der Waals surface area contributed by atoms with Crippen LogP contribution >= 0.6 is 11.6 Å². The van der Waals surface area contributed by atoms with E-state index in [1.807, 2.05) is 65.8 Å². The Labute approximate surface area is 208 Å². The summed E-state index contributed by atoms with van der Waals surface area (Å²) in [4.78, 5) is 22.1. The van der Waals surface area contributed by atoms with E-state index in [-0.39, 0.29) is 5.91 Å². The van der Waals surface area contributed by atoms with E-state index in [2.05, 4.69) is 15.3 Å². The summed E-state index contributed by atoms with van der Waals surface area (Å²) in [6.07, 6.45) is 7.54. The Balaban J connectivity index is 1.28. The van der Waals surface area contributed by atoms with E-state index >= 15 is 0 Å². The number of ether oxygens (including phenoxy) is 1. The third-order valence-electron chi connectivity index (χ3n) is 5.75. The zero-order valence-corrected chi connectivity index (χ0v) is 20.1. The van der Waals surface area contributed by atoms with Gasteiger partial charge in [0, 0.05) is 42.4 Å². The van der Waals surface area contributed by atoms with Crippen LogP contribution in [0.25, 0.3) is 5.65 Å². The van der Waals surface area contributed by atoms with Crippen molar-refractivity contribution in [1.29, 1.82) is 0 Å². The Kier molecular flexibility index (Phi) is 6.25. The third-order valence-corrected chi connectivity index (χ3v) is 6.00. The SMILES string of the molecule is Cc1ccc2nc(COc3ccc(C(=O)N[C@@H](c4ccc(Cl)cc4)c4nccn4C)cc3)cn2c1. The maximum Gasteiger partial charge on any atom is 0.252 e. The molecule has 176 valence electrons. The highest BCUT2D eigenvalue weighted by atomic mass is 35.5. The fraction of sp³-hybridized carbons (Fsp3) is 0.148. The number of aromatic nitrogens is 4. The second kappa shape index (κ2) is 9.64. The molecule has 8 heteroatoms. The number of hydrogen-bond donors (Lipinski definition) is 1.